The molecule has 2 unspecified atom stereocenters. The maximum Gasteiger partial charge on any atom is 0.330 e. The van der Waals surface area contributed by atoms with Gasteiger partial charge in [-0.15, -0.1) is 0 Å². The SMILES string of the molecule is Cn1c(=O)n(CC(C)(C)C)c2ccc(N3CC4CC3CN4c3cccc(Cl)c3)nc21. The number of rotatable bonds is 3. The Hall–Kier alpha value is -2.47. The normalized spacial score (nSPS) is 21.2. The Morgan fingerprint density at radius 1 is 1.10 bits per heavy atom. The Balaban J connectivity index is 1.43. The summed E-state index contributed by atoms with van der Waals surface area (Å²) >= 11 is 6.20. The van der Waals surface area contributed by atoms with Crippen molar-refractivity contribution < 1.29 is 0 Å². The zero-order valence-corrected chi connectivity index (χ0v) is 18.7. The lowest BCUT2D eigenvalue weighted by Crippen LogP contribution is -2.46. The molecule has 3 aromatic rings. The van der Waals surface area contributed by atoms with Crippen LogP contribution in [0.1, 0.15) is 27.2 Å². The Bertz CT molecular complexity index is 1170. The fraction of sp³-hybridized carbons (Fsp3) is 0.478. The van der Waals surface area contributed by atoms with Crippen LogP contribution in [0.15, 0.2) is 41.2 Å². The van der Waals surface area contributed by atoms with E-state index in [-0.39, 0.29) is 11.1 Å². The third-order valence-electron chi connectivity index (χ3n) is 6.27. The predicted octanol–water partition coefficient (Wildman–Crippen LogP) is 3.90. The lowest BCUT2D eigenvalue weighted by atomic mass is 9.97. The van der Waals surface area contributed by atoms with Crippen molar-refractivity contribution in [3.63, 3.8) is 0 Å². The fourth-order valence-corrected chi connectivity index (χ4v) is 5.15. The number of hydrogen-bond acceptors (Lipinski definition) is 4. The Labute approximate surface area is 181 Å². The van der Waals surface area contributed by atoms with Crippen molar-refractivity contribution in [3.8, 4) is 0 Å². The molecule has 2 aliphatic heterocycles. The summed E-state index contributed by atoms with van der Waals surface area (Å²) in [7, 11) is 1.82. The molecule has 4 heterocycles. The molecule has 5 rings (SSSR count). The van der Waals surface area contributed by atoms with Crippen molar-refractivity contribution in [2.45, 2.75) is 45.8 Å². The Morgan fingerprint density at radius 3 is 2.50 bits per heavy atom. The molecule has 2 aromatic heterocycles. The van der Waals surface area contributed by atoms with Crippen LogP contribution in [0.3, 0.4) is 0 Å². The summed E-state index contributed by atoms with van der Waals surface area (Å²) < 4.78 is 3.53. The molecule has 0 N–H and O–H groups in total. The van der Waals surface area contributed by atoms with Crippen LogP contribution in [0.5, 0.6) is 0 Å². The smallest absolute Gasteiger partial charge is 0.330 e. The summed E-state index contributed by atoms with van der Waals surface area (Å²) in [5.74, 6) is 0.962. The monoisotopic (exact) mass is 425 g/mol. The first-order chi connectivity index (χ1) is 14.2. The number of imidazole rings is 1. The van der Waals surface area contributed by atoms with Gasteiger partial charge in [0.2, 0.25) is 0 Å². The molecule has 30 heavy (non-hydrogen) atoms. The second-order valence-electron chi connectivity index (χ2n) is 9.83. The van der Waals surface area contributed by atoms with Gasteiger partial charge in [0.25, 0.3) is 0 Å². The molecular weight excluding hydrogens is 398 g/mol. The second kappa shape index (κ2) is 6.77. The minimum Gasteiger partial charge on any atom is -0.365 e. The van der Waals surface area contributed by atoms with Crippen molar-refractivity contribution in [2.75, 3.05) is 22.9 Å². The van der Waals surface area contributed by atoms with Crippen LogP contribution in [-0.2, 0) is 13.6 Å². The Kier molecular flexibility index (Phi) is 4.40. The van der Waals surface area contributed by atoms with Gasteiger partial charge < -0.3 is 9.80 Å². The largest absolute Gasteiger partial charge is 0.365 e. The van der Waals surface area contributed by atoms with E-state index in [1.165, 1.54) is 5.69 Å². The molecule has 158 valence electrons. The molecule has 2 atom stereocenters. The fourth-order valence-electron chi connectivity index (χ4n) is 4.97. The van der Waals surface area contributed by atoms with Crippen LogP contribution in [-0.4, -0.2) is 39.3 Å². The number of aromatic nitrogens is 3. The molecule has 6 nitrogen and oxygen atoms in total. The standard InChI is InChI=1S/C23H28ClN5O/c1-23(2,3)14-29-19-8-9-20(25-21(19)26(4)22(29)30)28-13-17-11-18(28)12-27(17)16-7-5-6-15(24)10-16/h5-10,17-18H,11-14H2,1-4H3. The topological polar surface area (TPSA) is 46.3 Å². The lowest BCUT2D eigenvalue weighted by Gasteiger charge is -2.36. The van der Waals surface area contributed by atoms with Gasteiger partial charge in [-0.3, -0.25) is 9.13 Å². The summed E-state index contributed by atoms with van der Waals surface area (Å²) in [5.41, 5.74) is 2.89. The molecule has 0 aliphatic carbocycles. The molecule has 2 fully saturated rings. The number of halogens is 1. The number of hydrogen-bond donors (Lipinski definition) is 0. The first kappa shape index (κ1) is 19.5. The van der Waals surface area contributed by atoms with Crippen LogP contribution in [0.2, 0.25) is 5.02 Å². The molecule has 0 radical (unpaired) electrons. The maximum atomic E-state index is 12.8. The lowest BCUT2D eigenvalue weighted by molar-refractivity contribution is 0.342. The molecule has 7 heteroatoms. The second-order valence-corrected chi connectivity index (χ2v) is 10.3. The third kappa shape index (κ3) is 3.18. The van der Waals surface area contributed by atoms with Crippen LogP contribution in [0.4, 0.5) is 11.5 Å². The average Bonchev–Trinajstić information content (AvgIpc) is 3.36. The molecule has 0 amide bonds. The molecule has 2 bridgehead atoms. The number of pyridine rings is 1. The number of benzene rings is 1. The summed E-state index contributed by atoms with van der Waals surface area (Å²) in [5, 5.41) is 0.778. The van der Waals surface area contributed by atoms with E-state index in [0.29, 0.717) is 18.6 Å². The highest BCUT2D eigenvalue weighted by Crippen LogP contribution is 2.37. The molecule has 1 aromatic carbocycles. The molecule has 2 saturated heterocycles. The average molecular weight is 426 g/mol. The zero-order valence-electron chi connectivity index (χ0n) is 18.0. The van der Waals surface area contributed by atoms with E-state index in [1.807, 2.05) is 29.8 Å². The molecule has 2 aliphatic rings. The number of aryl methyl sites for hydroxylation is 1. The van der Waals surface area contributed by atoms with E-state index < -0.39 is 0 Å². The van der Waals surface area contributed by atoms with Crippen molar-refractivity contribution in [2.24, 2.45) is 12.5 Å². The van der Waals surface area contributed by atoms with Gasteiger partial charge in [-0.05, 0) is 42.2 Å². The first-order valence-corrected chi connectivity index (χ1v) is 10.9. The van der Waals surface area contributed by atoms with Gasteiger partial charge in [0.15, 0.2) is 5.65 Å². The molecular formula is C23H28ClN5O. The summed E-state index contributed by atoms with van der Waals surface area (Å²) in [4.78, 5) is 22.6. The van der Waals surface area contributed by atoms with Gasteiger partial charge >= 0.3 is 5.69 Å². The van der Waals surface area contributed by atoms with Crippen molar-refractivity contribution in [1.82, 2.24) is 14.1 Å². The summed E-state index contributed by atoms with van der Waals surface area (Å²) in [6, 6.07) is 13.1. The minimum atomic E-state index is -0.000325. The van der Waals surface area contributed by atoms with Crippen molar-refractivity contribution in [1.29, 1.82) is 0 Å². The third-order valence-corrected chi connectivity index (χ3v) is 6.51. The van der Waals surface area contributed by atoms with E-state index in [4.69, 9.17) is 16.6 Å². The highest BCUT2D eigenvalue weighted by atomic mass is 35.5. The number of piperazine rings is 1. The number of anilines is 2. The van der Waals surface area contributed by atoms with Crippen LogP contribution >= 0.6 is 11.6 Å². The van der Waals surface area contributed by atoms with E-state index in [9.17, 15) is 4.79 Å². The number of fused-ring (bicyclic) bond motifs is 3. The van der Waals surface area contributed by atoms with E-state index >= 15 is 0 Å². The van der Waals surface area contributed by atoms with Crippen LogP contribution in [0.25, 0.3) is 11.2 Å². The first-order valence-electron chi connectivity index (χ1n) is 10.6. The summed E-state index contributed by atoms with van der Waals surface area (Å²) in [6.45, 7) is 9.01. The highest BCUT2D eigenvalue weighted by molar-refractivity contribution is 6.30. The predicted molar refractivity (Wildman–Crippen MR) is 123 cm³/mol. The minimum absolute atomic E-state index is 0.000325. The van der Waals surface area contributed by atoms with Gasteiger partial charge in [-0.25, -0.2) is 9.78 Å². The van der Waals surface area contributed by atoms with E-state index in [2.05, 4.69) is 48.8 Å². The van der Waals surface area contributed by atoms with Gasteiger partial charge in [-0.1, -0.05) is 38.4 Å². The van der Waals surface area contributed by atoms with Crippen molar-refractivity contribution in [3.05, 3.63) is 51.9 Å². The van der Waals surface area contributed by atoms with Gasteiger partial charge in [0, 0.05) is 43.4 Å². The van der Waals surface area contributed by atoms with Crippen LogP contribution in [0, 0.1) is 5.41 Å². The number of nitrogens with zero attached hydrogens (tertiary/aromatic N) is 5. The zero-order chi connectivity index (χ0) is 21.2. The summed E-state index contributed by atoms with van der Waals surface area (Å²) in [6.07, 6.45) is 1.12. The highest BCUT2D eigenvalue weighted by Gasteiger charge is 2.44. The quantitative estimate of drug-likeness (QED) is 0.638. The molecule has 0 saturated carbocycles. The molecule has 0 spiro atoms. The van der Waals surface area contributed by atoms with Gasteiger partial charge in [0.05, 0.1) is 11.6 Å². The van der Waals surface area contributed by atoms with Crippen molar-refractivity contribution >= 4 is 34.3 Å². The van der Waals surface area contributed by atoms with E-state index in [1.54, 1.807) is 4.57 Å². The Morgan fingerprint density at radius 2 is 1.83 bits per heavy atom. The van der Waals surface area contributed by atoms with Gasteiger partial charge in [-0.2, -0.15) is 0 Å². The van der Waals surface area contributed by atoms with Gasteiger partial charge in [0.1, 0.15) is 5.82 Å². The van der Waals surface area contributed by atoms with Crippen LogP contribution < -0.4 is 15.5 Å². The maximum absolute atomic E-state index is 12.8. The van der Waals surface area contributed by atoms with E-state index in [0.717, 1.165) is 41.5 Å².